The van der Waals surface area contributed by atoms with Gasteiger partial charge in [0.05, 0.1) is 31.5 Å². The SMILES string of the molecule is CCOC(=O)CONC(=O)c1c(N)nc(-c2cccc(C#N)c2)nc1OC1COC1. The van der Waals surface area contributed by atoms with E-state index in [0.717, 1.165) is 0 Å². The van der Waals surface area contributed by atoms with Crippen molar-refractivity contribution < 1.29 is 28.6 Å². The molecule has 1 aromatic carbocycles. The predicted molar refractivity (Wildman–Crippen MR) is 102 cm³/mol. The van der Waals surface area contributed by atoms with Crippen molar-refractivity contribution in [1.29, 1.82) is 5.26 Å². The summed E-state index contributed by atoms with van der Waals surface area (Å²) in [6.07, 6.45) is -0.301. The Morgan fingerprint density at radius 2 is 2.17 bits per heavy atom. The van der Waals surface area contributed by atoms with Crippen molar-refractivity contribution in [3.63, 3.8) is 0 Å². The summed E-state index contributed by atoms with van der Waals surface area (Å²) < 4.78 is 15.5. The highest BCUT2D eigenvalue weighted by atomic mass is 16.7. The van der Waals surface area contributed by atoms with Crippen LogP contribution in [-0.4, -0.2) is 54.4 Å². The maximum atomic E-state index is 12.6. The summed E-state index contributed by atoms with van der Waals surface area (Å²) in [5.74, 6) is -1.47. The van der Waals surface area contributed by atoms with Crippen molar-refractivity contribution >= 4 is 17.7 Å². The molecule has 1 aliphatic heterocycles. The number of anilines is 1. The Morgan fingerprint density at radius 3 is 2.83 bits per heavy atom. The van der Waals surface area contributed by atoms with E-state index in [1.165, 1.54) is 0 Å². The average molecular weight is 413 g/mol. The fourth-order valence-electron chi connectivity index (χ4n) is 2.47. The van der Waals surface area contributed by atoms with Gasteiger partial charge in [0, 0.05) is 5.56 Å². The molecule has 0 saturated carbocycles. The van der Waals surface area contributed by atoms with Gasteiger partial charge < -0.3 is 19.9 Å². The lowest BCUT2D eigenvalue weighted by Crippen LogP contribution is -2.39. The van der Waals surface area contributed by atoms with Gasteiger partial charge in [-0.25, -0.2) is 15.3 Å². The number of aromatic nitrogens is 2. The topological polar surface area (TPSA) is 159 Å². The van der Waals surface area contributed by atoms with Crippen LogP contribution in [0, 0.1) is 11.3 Å². The van der Waals surface area contributed by atoms with E-state index in [0.29, 0.717) is 24.3 Å². The molecule has 0 unspecified atom stereocenters. The van der Waals surface area contributed by atoms with Crippen LogP contribution in [0.1, 0.15) is 22.8 Å². The average Bonchev–Trinajstić information content (AvgIpc) is 2.70. The third-order valence-electron chi connectivity index (χ3n) is 3.93. The molecule has 11 heteroatoms. The summed E-state index contributed by atoms with van der Waals surface area (Å²) in [6.45, 7) is 2.03. The second-order valence-electron chi connectivity index (χ2n) is 6.11. The first kappa shape index (κ1) is 21.0. The quantitative estimate of drug-likeness (QED) is 0.463. The van der Waals surface area contributed by atoms with Crippen molar-refractivity contribution in [2.45, 2.75) is 13.0 Å². The van der Waals surface area contributed by atoms with Crippen LogP contribution in [0.2, 0.25) is 0 Å². The zero-order valence-electron chi connectivity index (χ0n) is 16.1. The lowest BCUT2D eigenvalue weighted by Gasteiger charge is -2.27. The summed E-state index contributed by atoms with van der Waals surface area (Å²) in [6, 6.07) is 8.64. The van der Waals surface area contributed by atoms with Gasteiger partial charge in [-0.05, 0) is 19.1 Å². The number of benzene rings is 1. The highest BCUT2D eigenvalue weighted by Crippen LogP contribution is 2.28. The number of carbonyl (C=O) groups is 2. The molecule has 1 aliphatic rings. The van der Waals surface area contributed by atoms with Crippen LogP contribution >= 0.6 is 0 Å². The Bertz CT molecular complexity index is 986. The Labute approximate surface area is 171 Å². The predicted octanol–water partition coefficient (Wildman–Crippen LogP) is 0.600. The monoisotopic (exact) mass is 413 g/mol. The van der Waals surface area contributed by atoms with Crippen LogP contribution in [0.5, 0.6) is 5.88 Å². The van der Waals surface area contributed by atoms with Crippen LogP contribution in [0.3, 0.4) is 0 Å². The molecule has 3 rings (SSSR count). The van der Waals surface area contributed by atoms with Crippen LogP contribution in [0.4, 0.5) is 5.82 Å². The third kappa shape index (κ3) is 4.99. The number of carbonyl (C=O) groups excluding carboxylic acids is 2. The fourth-order valence-corrected chi connectivity index (χ4v) is 2.47. The minimum Gasteiger partial charge on any atom is -0.469 e. The maximum absolute atomic E-state index is 12.6. The van der Waals surface area contributed by atoms with Crippen LogP contribution in [-0.2, 0) is 19.1 Å². The number of hydroxylamine groups is 1. The molecule has 3 N–H and O–H groups in total. The number of hydrogen-bond acceptors (Lipinski definition) is 10. The van der Waals surface area contributed by atoms with Gasteiger partial charge in [-0.2, -0.15) is 10.2 Å². The first-order chi connectivity index (χ1) is 14.5. The van der Waals surface area contributed by atoms with Crippen LogP contribution in [0.25, 0.3) is 11.4 Å². The molecule has 0 spiro atoms. The van der Waals surface area contributed by atoms with E-state index < -0.39 is 18.5 Å². The molecule has 2 heterocycles. The molecule has 2 aromatic rings. The van der Waals surface area contributed by atoms with E-state index in [-0.39, 0.29) is 35.8 Å². The summed E-state index contributed by atoms with van der Waals surface area (Å²) in [4.78, 5) is 37.2. The number of esters is 1. The number of nitrogens with two attached hydrogens (primary N) is 1. The Hall–Kier alpha value is -3.75. The molecule has 156 valence electrons. The maximum Gasteiger partial charge on any atom is 0.334 e. The number of nitriles is 1. The van der Waals surface area contributed by atoms with Gasteiger partial charge >= 0.3 is 5.97 Å². The molecule has 0 atom stereocenters. The molecule has 1 amide bonds. The third-order valence-corrected chi connectivity index (χ3v) is 3.93. The number of nitrogens with one attached hydrogen (secondary N) is 1. The highest BCUT2D eigenvalue weighted by molar-refractivity contribution is 6.00. The number of nitrogen functional groups attached to an aromatic ring is 1. The Balaban J connectivity index is 1.86. The van der Waals surface area contributed by atoms with Gasteiger partial charge in [-0.15, -0.1) is 0 Å². The molecule has 11 nitrogen and oxygen atoms in total. The first-order valence-electron chi connectivity index (χ1n) is 9.02. The van der Waals surface area contributed by atoms with Gasteiger partial charge in [0.1, 0.15) is 17.5 Å². The molecular formula is C19H19N5O6. The largest absolute Gasteiger partial charge is 0.469 e. The van der Waals surface area contributed by atoms with Crippen LogP contribution < -0.4 is 16.0 Å². The second-order valence-corrected chi connectivity index (χ2v) is 6.11. The van der Waals surface area contributed by atoms with Crippen molar-refractivity contribution in [1.82, 2.24) is 15.4 Å². The minimum absolute atomic E-state index is 0.0644. The van der Waals surface area contributed by atoms with E-state index in [1.807, 2.05) is 6.07 Å². The van der Waals surface area contributed by atoms with Gasteiger partial charge in [-0.1, -0.05) is 12.1 Å². The van der Waals surface area contributed by atoms with Gasteiger partial charge in [-0.3, -0.25) is 9.63 Å². The molecule has 1 fully saturated rings. The molecule has 0 aliphatic carbocycles. The number of rotatable bonds is 8. The summed E-state index contributed by atoms with van der Waals surface area (Å²) in [5, 5.41) is 9.09. The smallest absolute Gasteiger partial charge is 0.334 e. The zero-order chi connectivity index (χ0) is 21.5. The van der Waals surface area contributed by atoms with E-state index in [9.17, 15) is 9.59 Å². The summed E-state index contributed by atoms with van der Waals surface area (Å²) in [7, 11) is 0. The van der Waals surface area contributed by atoms with Crippen molar-refractivity contribution in [3.8, 4) is 23.3 Å². The highest BCUT2D eigenvalue weighted by Gasteiger charge is 2.27. The van der Waals surface area contributed by atoms with Crippen molar-refractivity contribution in [3.05, 3.63) is 35.4 Å². The number of ether oxygens (including phenoxy) is 3. The minimum atomic E-state index is -0.788. The molecule has 1 aromatic heterocycles. The van der Waals surface area contributed by atoms with Crippen molar-refractivity contribution in [2.24, 2.45) is 0 Å². The lowest BCUT2D eigenvalue weighted by molar-refractivity contribution is -0.150. The van der Waals surface area contributed by atoms with Gasteiger partial charge in [0.15, 0.2) is 12.4 Å². The molecule has 1 saturated heterocycles. The van der Waals surface area contributed by atoms with Gasteiger partial charge in [0.25, 0.3) is 5.91 Å². The summed E-state index contributed by atoms with van der Waals surface area (Å²) in [5.41, 5.74) is 8.91. The molecular weight excluding hydrogens is 394 g/mol. The van der Waals surface area contributed by atoms with E-state index in [2.05, 4.69) is 15.4 Å². The Kier molecular flexibility index (Phi) is 6.74. The van der Waals surface area contributed by atoms with E-state index >= 15 is 0 Å². The fraction of sp³-hybridized carbons (Fsp3) is 0.316. The molecule has 30 heavy (non-hydrogen) atoms. The number of hydrogen-bond donors (Lipinski definition) is 2. The second kappa shape index (κ2) is 9.64. The molecule has 0 bridgehead atoms. The molecule has 0 radical (unpaired) electrons. The number of amides is 1. The standard InChI is InChI=1S/C19H19N5O6/c1-2-28-14(25)10-29-24-18(26)15-16(21)22-17(12-5-3-4-11(6-12)7-20)23-19(15)30-13-8-27-9-13/h3-6,13H,2,8-10H2,1H3,(H,24,26)(H2,21,22,23). The first-order valence-corrected chi connectivity index (χ1v) is 9.02. The van der Waals surface area contributed by atoms with E-state index in [1.54, 1.807) is 31.2 Å². The normalized spacial score (nSPS) is 13.1. The van der Waals surface area contributed by atoms with E-state index in [4.69, 9.17) is 30.0 Å². The van der Waals surface area contributed by atoms with Crippen molar-refractivity contribution in [2.75, 3.05) is 32.2 Å². The van der Waals surface area contributed by atoms with Gasteiger partial charge in [0.2, 0.25) is 5.88 Å². The summed E-state index contributed by atoms with van der Waals surface area (Å²) >= 11 is 0. The number of nitrogens with zero attached hydrogens (tertiary/aromatic N) is 3. The Morgan fingerprint density at radius 1 is 1.37 bits per heavy atom. The zero-order valence-corrected chi connectivity index (χ0v) is 16.1. The lowest BCUT2D eigenvalue weighted by atomic mass is 10.1. The van der Waals surface area contributed by atoms with Crippen LogP contribution in [0.15, 0.2) is 24.3 Å².